The molecule has 0 radical (unpaired) electrons. The van der Waals surface area contributed by atoms with E-state index in [1.165, 1.54) is 25.7 Å². The number of likely N-dealkylation sites (tertiary alicyclic amines) is 1. The van der Waals surface area contributed by atoms with Crippen molar-refractivity contribution in [2.45, 2.75) is 31.2 Å². The molecule has 0 bridgehead atoms. The zero-order chi connectivity index (χ0) is 9.15. The first-order valence-corrected chi connectivity index (χ1v) is 5.39. The van der Waals surface area contributed by atoms with Gasteiger partial charge in [-0.25, -0.2) is 4.39 Å². The molecule has 1 N–H and O–H groups in total. The summed E-state index contributed by atoms with van der Waals surface area (Å²) in [4.78, 5) is 2.38. The maximum atomic E-state index is 12.3. The van der Waals surface area contributed by atoms with E-state index < -0.39 is 0 Å². The first-order valence-electron chi connectivity index (χ1n) is 5.39. The van der Waals surface area contributed by atoms with Crippen molar-refractivity contribution in [3.63, 3.8) is 0 Å². The highest BCUT2D eigenvalue weighted by Crippen LogP contribution is 2.36. The van der Waals surface area contributed by atoms with Crippen LogP contribution in [0.2, 0.25) is 0 Å². The molecular formula is C10H19FN2. The Bertz CT molecular complexity index is 166. The van der Waals surface area contributed by atoms with Gasteiger partial charge in [0.2, 0.25) is 0 Å². The van der Waals surface area contributed by atoms with Gasteiger partial charge in [0.05, 0.1) is 0 Å². The molecule has 2 heterocycles. The van der Waals surface area contributed by atoms with E-state index in [4.69, 9.17) is 0 Å². The van der Waals surface area contributed by atoms with Gasteiger partial charge in [0, 0.05) is 12.1 Å². The van der Waals surface area contributed by atoms with Gasteiger partial charge in [0.1, 0.15) is 6.67 Å². The Labute approximate surface area is 79.5 Å². The van der Waals surface area contributed by atoms with E-state index in [1.54, 1.807) is 0 Å². The van der Waals surface area contributed by atoms with E-state index in [0.717, 1.165) is 19.6 Å². The van der Waals surface area contributed by atoms with Crippen LogP contribution in [0.15, 0.2) is 0 Å². The Morgan fingerprint density at radius 1 is 1.23 bits per heavy atom. The highest BCUT2D eigenvalue weighted by atomic mass is 19.1. The van der Waals surface area contributed by atoms with Crippen LogP contribution in [0.3, 0.4) is 0 Å². The fourth-order valence-corrected chi connectivity index (χ4v) is 2.90. The highest BCUT2D eigenvalue weighted by molar-refractivity contribution is 4.98. The molecule has 1 spiro atoms. The maximum absolute atomic E-state index is 12.3. The van der Waals surface area contributed by atoms with Gasteiger partial charge < -0.3 is 5.32 Å². The van der Waals surface area contributed by atoms with E-state index in [1.807, 2.05) is 0 Å². The van der Waals surface area contributed by atoms with Gasteiger partial charge >= 0.3 is 0 Å². The van der Waals surface area contributed by atoms with Crippen LogP contribution in [-0.2, 0) is 0 Å². The van der Waals surface area contributed by atoms with Crippen molar-refractivity contribution in [3.8, 4) is 0 Å². The SMILES string of the molecule is FCCN1CCCC12CCNCC2. The molecule has 2 rings (SSSR count). The number of rotatable bonds is 2. The zero-order valence-corrected chi connectivity index (χ0v) is 8.19. The fraction of sp³-hybridized carbons (Fsp3) is 1.00. The second-order valence-electron chi connectivity index (χ2n) is 4.25. The summed E-state index contributed by atoms with van der Waals surface area (Å²) in [7, 11) is 0. The topological polar surface area (TPSA) is 15.3 Å². The van der Waals surface area contributed by atoms with Crippen LogP contribution in [-0.4, -0.2) is 43.3 Å². The van der Waals surface area contributed by atoms with Crippen LogP contribution < -0.4 is 5.32 Å². The number of hydrogen-bond acceptors (Lipinski definition) is 2. The van der Waals surface area contributed by atoms with Gasteiger partial charge in [-0.05, 0) is 45.3 Å². The second kappa shape index (κ2) is 3.93. The molecule has 2 saturated heterocycles. The van der Waals surface area contributed by atoms with Crippen molar-refractivity contribution in [2.24, 2.45) is 0 Å². The highest BCUT2D eigenvalue weighted by Gasteiger charge is 2.40. The third kappa shape index (κ3) is 1.72. The lowest BCUT2D eigenvalue weighted by atomic mass is 9.86. The standard InChI is InChI=1S/C10H19FN2/c11-5-9-13-8-1-2-10(13)3-6-12-7-4-10/h12H,1-9H2. The summed E-state index contributed by atoms with van der Waals surface area (Å²) in [5.41, 5.74) is 0.372. The molecule has 2 nitrogen and oxygen atoms in total. The van der Waals surface area contributed by atoms with E-state index in [9.17, 15) is 4.39 Å². The molecule has 0 unspecified atom stereocenters. The van der Waals surface area contributed by atoms with Gasteiger partial charge in [-0.1, -0.05) is 0 Å². The third-order valence-electron chi connectivity index (χ3n) is 3.63. The molecule has 0 aromatic heterocycles. The van der Waals surface area contributed by atoms with Gasteiger partial charge in [0.15, 0.2) is 0 Å². The lowest BCUT2D eigenvalue weighted by Gasteiger charge is -2.41. The average Bonchev–Trinajstić information content (AvgIpc) is 2.52. The van der Waals surface area contributed by atoms with Crippen molar-refractivity contribution in [2.75, 3.05) is 32.9 Å². The van der Waals surface area contributed by atoms with Gasteiger partial charge in [-0.3, -0.25) is 4.90 Å². The van der Waals surface area contributed by atoms with Crippen LogP contribution in [0.4, 0.5) is 4.39 Å². The summed E-state index contributed by atoms with van der Waals surface area (Å²) in [6.07, 6.45) is 4.98. The monoisotopic (exact) mass is 186 g/mol. The van der Waals surface area contributed by atoms with Crippen LogP contribution >= 0.6 is 0 Å². The van der Waals surface area contributed by atoms with Crippen LogP contribution in [0.1, 0.15) is 25.7 Å². The predicted octanol–water partition coefficient (Wildman–Crippen LogP) is 1.17. The zero-order valence-electron chi connectivity index (χ0n) is 8.19. The number of piperidine rings is 1. The molecule has 0 atom stereocenters. The normalized spacial score (nSPS) is 28.4. The van der Waals surface area contributed by atoms with Crippen LogP contribution in [0.25, 0.3) is 0 Å². The van der Waals surface area contributed by atoms with E-state index in [0.29, 0.717) is 12.1 Å². The van der Waals surface area contributed by atoms with E-state index >= 15 is 0 Å². The molecule has 0 aromatic carbocycles. The Hall–Kier alpha value is -0.150. The summed E-state index contributed by atoms with van der Waals surface area (Å²) < 4.78 is 12.3. The van der Waals surface area contributed by atoms with Crippen molar-refractivity contribution in [1.29, 1.82) is 0 Å². The largest absolute Gasteiger partial charge is 0.317 e. The minimum Gasteiger partial charge on any atom is -0.317 e. The molecule has 0 aromatic rings. The summed E-state index contributed by atoms with van der Waals surface area (Å²) in [5, 5.41) is 3.38. The van der Waals surface area contributed by atoms with E-state index in [-0.39, 0.29) is 6.67 Å². The minimum atomic E-state index is -0.185. The summed E-state index contributed by atoms with van der Waals surface area (Å²) in [6.45, 7) is 3.81. The summed E-state index contributed by atoms with van der Waals surface area (Å²) >= 11 is 0. The average molecular weight is 186 g/mol. The second-order valence-corrected chi connectivity index (χ2v) is 4.25. The van der Waals surface area contributed by atoms with Crippen molar-refractivity contribution >= 4 is 0 Å². The lowest BCUT2D eigenvalue weighted by molar-refractivity contribution is 0.0931. The summed E-state index contributed by atoms with van der Waals surface area (Å²) in [6, 6.07) is 0. The number of nitrogens with zero attached hydrogens (tertiary/aromatic N) is 1. The molecule has 0 aliphatic carbocycles. The maximum Gasteiger partial charge on any atom is 0.102 e. The Kier molecular flexibility index (Phi) is 2.84. The van der Waals surface area contributed by atoms with E-state index in [2.05, 4.69) is 10.2 Å². The smallest absolute Gasteiger partial charge is 0.102 e. The number of nitrogens with one attached hydrogen (secondary N) is 1. The molecule has 2 aliphatic rings. The number of halogens is 1. The summed E-state index contributed by atoms with van der Waals surface area (Å²) in [5.74, 6) is 0. The quantitative estimate of drug-likeness (QED) is 0.696. The Morgan fingerprint density at radius 3 is 2.69 bits per heavy atom. The molecule has 0 saturated carbocycles. The fourth-order valence-electron chi connectivity index (χ4n) is 2.90. The molecule has 0 amide bonds. The van der Waals surface area contributed by atoms with Crippen molar-refractivity contribution < 1.29 is 4.39 Å². The first kappa shape index (κ1) is 9.41. The van der Waals surface area contributed by atoms with Gasteiger partial charge in [0.25, 0.3) is 0 Å². The van der Waals surface area contributed by atoms with Gasteiger partial charge in [-0.2, -0.15) is 0 Å². The molecule has 76 valence electrons. The molecule has 2 aliphatic heterocycles. The van der Waals surface area contributed by atoms with Gasteiger partial charge in [-0.15, -0.1) is 0 Å². The first-order chi connectivity index (χ1) is 6.37. The Balaban J connectivity index is 2.00. The van der Waals surface area contributed by atoms with Crippen molar-refractivity contribution in [3.05, 3.63) is 0 Å². The Morgan fingerprint density at radius 2 is 2.00 bits per heavy atom. The van der Waals surface area contributed by atoms with Crippen molar-refractivity contribution in [1.82, 2.24) is 10.2 Å². The molecule has 3 heteroatoms. The molecular weight excluding hydrogens is 167 g/mol. The number of alkyl halides is 1. The third-order valence-corrected chi connectivity index (χ3v) is 3.63. The predicted molar refractivity (Wildman–Crippen MR) is 51.6 cm³/mol. The lowest BCUT2D eigenvalue weighted by Crippen LogP contribution is -2.51. The number of hydrogen-bond donors (Lipinski definition) is 1. The van der Waals surface area contributed by atoms with Crippen LogP contribution in [0.5, 0.6) is 0 Å². The minimum absolute atomic E-state index is 0.185. The van der Waals surface area contributed by atoms with Crippen LogP contribution in [0, 0.1) is 0 Å². The molecule has 2 fully saturated rings. The molecule has 13 heavy (non-hydrogen) atoms.